The van der Waals surface area contributed by atoms with Crippen molar-refractivity contribution in [3.63, 3.8) is 0 Å². The molecule has 2 atom stereocenters. The molecule has 0 aliphatic carbocycles. The van der Waals surface area contributed by atoms with E-state index < -0.39 is 0 Å². The average molecular weight is 248 g/mol. The van der Waals surface area contributed by atoms with Gasteiger partial charge in [0.15, 0.2) is 0 Å². The molecule has 0 bridgehead atoms. The van der Waals surface area contributed by atoms with Crippen LogP contribution in [-0.2, 0) is 11.3 Å². The minimum absolute atomic E-state index is 0.266. The van der Waals surface area contributed by atoms with E-state index in [9.17, 15) is 4.39 Å². The predicted octanol–water partition coefficient (Wildman–Crippen LogP) is 2.39. The first-order chi connectivity index (χ1) is 8.66. The molecule has 2 heterocycles. The Morgan fingerprint density at radius 3 is 3.06 bits per heavy atom. The first-order valence-electron chi connectivity index (χ1n) is 6.38. The fourth-order valence-corrected chi connectivity index (χ4v) is 2.86. The van der Waals surface area contributed by atoms with Gasteiger partial charge in [-0.05, 0) is 31.0 Å². The highest BCUT2D eigenvalue weighted by atomic mass is 19.1. The van der Waals surface area contributed by atoms with Crippen LogP contribution in [0.4, 0.5) is 4.39 Å². The maximum absolute atomic E-state index is 13.2. The summed E-state index contributed by atoms with van der Waals surface area (Å²) < 4.78 is 18.6. The molecule has 0 aromatic heterocycles. The van der Waals surface area contributed by atoms with Gasteiger partial charge in [-0.1, -0.05) is 6.07 Å². The molecule has 2 aliphatic rings. The van der Waals surface area contributed by atoms with Gasteiger partial charge in [-0.25, -0.2) is 4.39 Å². The summed E-state index contributed by atoms with van der Waals surface area (Å²) in [7, 11) is 0. The molecular weight excluding hydrogens is 231 g/mol. The van der Waals surface area contributed by atoms with Crippen LogP contribution in [0.25, 0.3) is 0 Å². The van der Waals surface area contributed by atoms with Crippen LogP contribution in [0.5, 0.6) is 0 Å². The van der Waals surface area contributed by atoms with Crippen LogP contribution in [0.3, 0.4) is 0 Å². The van der Waals surface area contributed by atoms with Crippen molar-refractivity contribution in [1.29, 1.82) is 5.41 Å². The van der Waals surface area contributed by atoms with Gasteiger partial charge in [-0.15, -0.1) is 0 Å². The summed E-state index contributed by atoms with van der Waals surface area (Å²) in [6.45, 7) is 4.44. The zero-order valence-electron chi connectivity index (χ0n) is 10.4. The third kappa shape index (κ3) is 1.81. The number of benzene rings is 1. The van der Waals surface area contributed by atoms with Gasteiger partial charge < -0.3 is 9.64 Å². The maximum atomic E-state index is 13.2. The van der Waals surface area contributed by atoms with Crippen LogP contribution in [0, 0.1) is 17.1 Å². The van der Waals surface area contributed by atoms with Gasteiger partial charge in [0.05, 0.1) is 6.61 Å². The lowest BCUT2D eigenvalue weighted by Gasteiger charge is -2.30. The Morgan fingerprint density at radius 2 is 2.33 bits per heavy atom. The molecule has 3 rings (SSSR count). The number of nitrogens with zero attached hydrogens (tertiary/aromatic N) is 1. The molecule has 1 aromatic rings. The van der Waals surface area contributed by atoms with Crippen molar-refractivity contribution in [3.05, 3.63) is 35.1 Å². The largest absolute Gasteiger partial charge is 0.381 e. The zero-order valence-corrected chi connectivity index (χ0v) is 10.4. The molecule has 0 amide bonds. The molecule has 1 N–H and O–H groups in total. The normalized spacial score (nSPS) is 24.4. The molecular formula is C14H17FN2O. The maximum Gasteiger partial charge on any atom is 0.129 e. The lowest BCUT2D eigenvalue weighted by Crippen LogP contribution is -2.39. The summed E-state index contributed by atoms with van der Waals surface area (Å²) >= 11 is 0. The van der Waals surface area contributed by atoms with E-state index in [2.05, 4.69) is 11.8 Å². The molecule has 1 fully saturated rings. The number of ether oxygens (including phenoxy) is 1. The second kappa shape index (κ2) is 4.35. The molecule has 4 heteroatoms. The van der Waals surface area contributed by atoms with Gasteiger partial charge in [0.2, 0.25) is 0 Å². The molecule has 1 saturated heterocycles. The fraction of sp³-hybridized carbons (Fsp3) is 0.500. The zero-order chi connectivity index (χ0) is 12.7. The molecule has 96 valence electrons. The first kappa shape index (κ1) is 11.7. The van der Waals surface area contributed by atoms with Gasteiger partial charge in [0, 0.05) is 30.7 Å². The summed E-state index contributed by atoms with van der Waals surface area (Å²) in [6.07, 6.45) is 1.05. The van der Waals surface area contributed by atoms with Crippen molar-refractivity contribution < 1.29 is 9.13 Å². The van der Waals surface area contributed by atoms with E-state index in [1.165, 1.54) is 12.1 Å². The van der Waals surface area contributed by atoms with Gasteiger partial charge in [-0.3, -0.25) is 5.41 Å². The topological polar surface area (TPSA) is 36.3 Å². The summed E-state index contributed by atoms with van der Waals surface area (Å²) in [5, 5.41) is 8.20. The molecule has 0 spiro atoms. The highest BCUT2D eigenvalue weighted by Crippen LogP contribution is 2.29. The number of hydrogen-bond donors (Lipinski definition) is 1. The lowest BCUT2D eigenvalue weighted by atomic mass is 9.99. The van der Waals surface area contributed by atoms with E-state index >= 15 is 0 Å². The molecule has 18 heavy (non-hydrogen) atoms. The highest BCUT2D eigenvalue weighted by molar-refractivity contribution is 6.00. The van der Waals surface area contributed by atoms with Crippen molar-refractivity contribution in [2.45, 2.75) is 25.9 Å². The van der Waals surface area contributed by atoms with Crippen LogP contribution in [-0.4, -0.2) is 30.0 Å². The van der Waals surface area contributed by atoms with Crippen molar-refractivity contribution in [2.75, 3.05) is 13.2 Å². The monoisotopic (exact) mass is 248 g/mol. The number of nitrogens with one attached hydrogen (secondary N) is 1. The minimum atomic E-state index is -0.266. The Kier molecular flexibility index (Phi) is 2.82. The first-order valence-corrected chi connectivity index (χ1v) is 6.38. The Morgan fingerprint density at radius 1 is 1.50 bits per heavy atom. The van der Waals surface area contributed by atoms with E-state index in [1.54, 1.807) is 6.07 Å². The molecule has 2 aliphatic heterocycles. The number of rotatable bonds is 2. The van der Waals surface area contributed by atoms with Crippen molar-refractivity contribution >= 4 is 5.84 Å². The second-order valence-electron chi connectivity index (χ2n) is 5.14. The summed E-state index contributed by atoms with van der Waals surface area (Å²) in [5.41, 5.74) is 1.79. The van der Waals surface area contributed by atoms with E-state index in [-0.39, 0.29) is 11.9 Å². The van der Waals surface area contributed by atoms with Gasteiger partial charge in [0.25, 0.3) is 0 Å². The molecule has 1 aromatic carbocycles. The van der Waals surface area contributed by atoms with E-state index in [0.717, 1.165) is 30.8 Å². The van der Waals surface area contributed by atoms with Crippen LogP contribution in [0.2, 0.25) is 0 Å². The Hall–Kier alpha value is -1.42. The SMILES string of the molecule is CC(C1CCOC1)N1Cc2ccc(F)cc2C1=N. The Balaban J connectivity index is 1.83. The molecule has 3 nitrogen and oxygen atoms in total. The van der Waals surface area contributed by atoms with Crippen LogP contribution in [0.1, 0.15) is 24.5 Å². The van der Waals surface area contributed by atoms with Crippen LogP contribution in [0.15, 0.2) is 18.2 Å². The third-order valence-corrected chi connectivity index (χ3v) is 4.09. The second-order valence-corrected chi connectivity index (χ2v) is 5.14. The van der Waals surface area contributed by atoms with E-state index in [1.807, 2.05) is 0 Å². The van der Waals surface area contributed by atoms with Gasteiger partial charge in [0.1, 0.15) is 11.7 Å². The number of fused-ring (bicyclic) bond motifs is 1. The van der Waals surface area contributed by atoms with E-state index in [4.69, 9.17) is 10.1 Å². The summed E-state index contributed by atoms with van der Waals surface area (Å²) in [5.74, 6) is 0.658. The number of amidine groups is 1. The molecule has 0 saturated carbocycles. The average Bonchev–Trinajstić information content (AvgIpc) is 2.98. The lowest BCUT2D eigenvalue weighted by molar-refractivity contribution is 0.162. The molecule has 2 unspecified atom stereocenters. The van der Waals surface area contributed by atoms with Crippen molar-refractivity contribution in [3.8, 4) is 0 Å². The van der Waals surface area contributed by atoms with E-state index in [0.29, 0.717) is 18.3 Å². The standard InChI is InChI=1S/C14H17FN2O/c1-9(11-4-5-18-8-11)17-7-10-2-3-12(15)6-13(10)14(17)16/h2-3,6,9,11,16H,4-5,7-8H2,1H3. The highest BCUT2D eigenvalue weighted by Gasteiger charge is 2.33. The van der Waals surface area contributed by atoms with Gasteiger partial charge in [-0.2, -0.15) is 0 Å². The van der Waals surface area contributed by atoms with Crippen LogP contribution >= 0.6 is 0 Å². The summed E-state index contributed by atoms with van der Waals surface area (Å²) in [6, 6.07) is 5.00. The minimum Gasteiger partial charge on any atom is -0.381 e. The Labute approximate surface area is 106 Å². The number of hydrogen-bond acceptors (Lipinski definition) is 2. The van der Waals surface area contributed by atoms with Crippen LogP contribution < -0.4 is 0 Å². The predicted molar refractivity (Wildman–Crippen MR) is 67.2 cm³/mol. The fourth-order valence-electron chi connectivity index (χ4n) is 2.86. The Bertz CT molecular complexity index is 483. The summed E-state index contributed by atoms with van der Waals surface area (Å²) in [4.78, 5) is 2.06. The molecule has 0 radical (unpaired) electrons. The quantitative estimate of drug-likeness (QED) is 0.872. The third-order valence-electron chi connectivity index (χ3n) is 4.09. The smallest absolute Gasteiger partial charge is 0.129 e. The number of halogens is 1. The van der Waals surface area contributed by atoms with Gasteiger partial charge >= 0.3 is 0 Å². The van der Waals surface area contributed by atoms with Crippen molar-refractivity contribution in [2.24, 2.45) is 5.92 Å². The van der Waals surface area contributed by atoms with Crippen molar-refractivity contribution in [1.82, 2.24) is 4.90 Å².